The molecular formula is C23H26N5O3S+. The molecule has 0 aliphatic carbocycles. The number of oxazole rings is 1. The van der Waals surface area contributed by atoms with Crippen molar-refractivity contribution >= 4 is 34.8 Å². The SMILES string of the molecule is COc1ccc2oc(N3CCN([N@@+]45C=CC=C4C=C(C(=O)N4CCSC4)C5)CC3)nc2c1. The van der Waals surface area contributed by atoms with Crippen LogP contribution in [0, 0.1) is 0 Å². The van der Waals surface area contributed by atoms with Gasteiger partial charge in [-0.05, 0) is 18.2 Å². The number of hydrogen-bond acceptors (Lipinski definition) is 7. The Morgan fingerprint density at radius 2 is 2.09 bits per heavy atom. The number of anilines is 1. The van der Waals surface area contributed by atoms with E-state index in [1.807, 2.05) is 34.9 Å². The van der Waals surface area contributed by atoms with Crippen LogP contribution >= 0.6 is 11.8 Å². The second-order valence-electron chi connectivity index (χ2n) is 8.46. The summed E-state index contributed by atoms with van der Waals surface area (Å²) in [6, 6.07) is 6.34. The van der Waals surface area contributed by atoms with Crippen LogP contribution in [-0.2, 0) is 4.79 Å². The topological polar surface area (TPSA) is 62.1 Å². The van der Waals surface area contributed by atoms with Gasteiger partial charge in [0.2, 0.25) is 0 Å². The average molecular weight is 453 g/mol. The molecule has 4 aliphatic heterocycles. The van der Waals surface area contributed by atoms with Crippen molar-refractivity contribution < 1.29 is 18.5 Å². The number of methoxy groups -OCH3 is 1. The summed E-state index contributed by atoms with van der Waals surface area (Å²) >= 11 is 1.83. The molecule has 8 nitrogen and oxygen atoms in total. The van der Waals surface area contributed by atoms with Gasteiger partial charge in [0.15, 0.2) is 11.3 Å². The van der Waals surface area contributed by atoms with Crippen LogP contribution in [0.2, 0.25) is 0 Å². The van der Waals surface area contributed by atoms with Crippen molar-refractivity contribution in [2.24, 2.45) is 0 Å². The van der Waals surface area contributed by atoms with E-state index in [2.05, 4.69) is 39.3 Å². The first kappa shape index (κ1) is 19.9. The van der Waals surface area contributed by atoms with E-state index in [4.69, 9.17) is 9.15 Å². The molecule has 166 valence electrons. The molecule has 0 unspecified atom stereocenters. The fraction of sp³-hybridized carbons (Fsp3) is 0.391. The Bertz CT molecular complexity index is 1160. The highest BCUT2D eigenvalue weighted by Crippen LogP contribution is 2.38. The third-order valence-electron chi connectivity index (χ3n) is 6.71. The first-order valence-corrected chi connectivity index (χ1v) is 12.1. The number of piperazine rings is 1. The van der Waals surface area contributed by atoms with Crippen molar-refractivity contribution in [3.63, 3.8) is 0 Å². The summed E-state index contributed by atoms with van der Waals surface area (Å²) < 4.78 is 11.9. The lowest BCUT2D eigenvalue weighted by Crippen LogP contribution is -2.60. The Labute approximate surface area is 190 Å². The van der Waals surface area contributed by atoms with Crippen molar-refractivity contribution in [1.82, 2.24) is 14.9 Å². The third kappa shape index (κ3) is 3.15. The molecule has 0 radical (unpaired) electrons. The predicted octanol–water partition coefficient (Wildman–Crippen LogP) is 2.57. The Morgan fingerprint density at radius 1 is 1.22 bits per heavy atom. The van der Waals surface area contributed by atoms with Crippen LogP contribution in [0.15, 0.2) is 58.3 Å². The zero-order valence-corrected chi connectivity index (χ0v) is 18.9. The summed E-state index contributed by atoms with van der Waals surface area (Å²) in [5, 5.41) is 2.45. The van der Waals surface area contributed by atoms with Gasteiger partial charge in [-0.3, -0.25) is 4.79 Å². The lowest BCUT2D eigenvalue weighted by Gasteiger charge is -2.43. The van der Waals surface area contributed by atoms with Crippen LogP contribution in [0.5, 0.6) is 5.75 Å². The molecule has 1 amide bonds. The predicted molar refractivity (Wildman–Crippen MR) is 124 cm³/mol. The van der Waals surface area contributed by atoms with E-state index in [0.717, 1.165) is 66.8 Å². The fourth-order valence-electron chi connectivity index (χ4n) is 4.95. The number of quaternary nitrogens is 1. The maximum absolute atomic E-state index is 13.0. The highest BCUT2D eigenvalue weighted by Gasteiger charge is 2.48. The monoisotopic (exact) mass is 452 g/mol. The molecule has 2 aromatic rings. The first-order chi connectivity index (χ1) is 15.7. The van der Waals surface area contributed by atoms with E-state index >= 15 is 0 Å². The molecule has 32 heavy (non-hydrogen) atoms. The molecule has 6 rings (SSSR count). The molecule has 1 atom stereocenters. The smallest absolute Gasteiger partial charge is 0.298 e. The third-order valence-corrected chi connectivity index (χ3v) is 7.68. The Kier molecular flexibility index (Phi) is 4.78. The molecule has 2 saturated heterocycles. The largest absolute Gasteiger partial charge is 0.497 e. The van der Waals surface area contributed by atoms with Gasteiger partial charge in [-0.15, -0.1) is 16.8 Å². The molecule has 0 spiro atoms. The van der Waals surface area contributed by atoms with Gasteiger partial charge in [0, 0.05) is 43.6 Å². The summed E-state index contributed by atoms with van der Waals surface area (Å²) in [6.07, 6.45) is 8.57. The minimum atomic E-state index is 0.191. The maximum atomic E-state index is 13.0. The normalized spacial score (nSPS) is 25.4. The first-order valence-electron chi connectivity index (χ1n) is 11.0. The highest BCUT2D eigenvalue weighted by molar-refractivity contribution is 7.99. The Morgan fingerprint density at radius 3 is 2.88 bits per heavy atom. The zero-order chi connectivity index (χ0) is 21.7. The second-order valence-corrected chi connectivity index (χ2v) is 9.54. The minimum Gasteiger partial charge on any atom is -0.497 e. The number of amides is 1. The summed E-state index contributed by atoms with van der Waals surface area (Å²) in [4.78, 5) is 21.8. The molecular weight excluding hydrogens is 426 g/mol. The highest BCUT2D eigenvalue weighted by atomic mass is 32.2. The molecule has 9 heteroatoms. The number of thioether (sulfide) groups is 1. The van der Waals surface area contributed by atoms with E-state index in [0.29, 0.717) is 17.2 Å². The number of allylic oxidation sites excluding steroid dienone is 3. The number of aromatic nitrogens is 1. The van der Waals surface area contributed by atoms with Crippen LogP contribution < -0.4 is 9.64 Å². The van der Waals surface area contributed by atoms with E-state index in [9.17, 15) is 4.79 Å². The maximum Gasteiger partial charge on any atom is 0.298 e. The molecule has 0 bridgehead atoms. The lowest BCUT2D eigenvalue weighted by atomic mass is 10.2. The molecule has 0 N–H and O–H groups in total. The van der Waals surface area contributed by atoms with Crippen LogP contribution in [-0.4, -0.2) is 83.4 Å². The van der Waals surface area contributed by atoms with E-state index in [-0.39, 0.29) is 5.91 Å². The van der Waals surface area contributed by atoms with Crippen LogP contribution in [0.25, 0.3) is 11.1 Å². The number of benzene rings is 1. The number of ether oxygens (including phenoxy) is 1. The molecule has 1 aromatic carbocycles. The van der Waals surface area contributed by atoms with Gasteiger partial charge in [0.25, 0.3) is 11.9 Å². The van der Waals surface area contributed by atoms with Gasteiger partial charge in [-0.25, -0.2) is 0 Å². The quantitative estimate of drug-likeness (QED) is 0.661. The van der Waals surface area contributed by atoms with Gasteiger partial charge in [0.05, 0.1) is 31.6 Å². The van der Waals surface area contributed by atoms with E-state index in [1.54, 1.807) is 7.11 Å². The number of nitrogens with zero attached hydrogens (tertiary/aromatic N) is 5. The molecule has 2 fully saturated rings. The number of rotatable bonds is 4. The summed E-state index contributed by atoms with van der Waals surface area (Å²) in [7, 11) is 1.65. The van der Waals surface area contributed by atoms with E-state index < -0.39 is 0 Å². The summed E-state index contributed by atoms with van der Waals surface area (Å²) in [5.41, 5.74) is 3.68. The van der Waals surface area contributed by atoms with Gasteiger partial charge < -0.3 is 19.0 Å². The van der Waals surface area contributed by atoms with Gasteiger partial charge in [-0.2, -0.15) is 9.58 Å². The molecule has 5 heterocycles. The van der Waals surface area contributed by atoms with Crippen molar-refractivity contribution in [3.05, 3.63) is 53.9 Å². The van der Waals surface area contributed by atoms with Crippen molar-refractivity contribution in [2.75, 3.05) is 62.9 Å². The fourth-order valence-corrected chi connectivity index (χ4v) is 5.90. The minimum absolute atomic E-state index is 0.191. The number of carbonyl (C=O) groups excluding carboxylic acids is 1. The standard InChI is InChI=1S/C23H26N5O3S/c1-30-19-4-5-21-20(14-19)24-23(31-21)25-6-8-27(9-7-25)28-11-2-3-18(28)13-17(15-28)22(29)26-10-12-32-16-26/h2-5,11,13-14H,6-10,12,15-16H2,1H3/q+1/t28-/m1/s1. The number of fused-ring (bicyclic) bond motifs is 2. The molecule has 1 aromatic heterocycles. The van der Waals surface area contributed by atoms with Gasteiger partial charge in [0.1, 0.15) is 24.0 Å². The lowest BCUT2D eigenvalue weighted by molar-refractivity contribution is -0.948. The Balaban J connectivity index is 1.16. The van der Waals surface area contributed by atoms with Crippen molar-refractivity contribution in [2.45, 2.75) is 0 Å². The number of hydrogen-bond donors (Lipinski definition) is 0. The molecule has 0 saturated carbocycles. The number of carbonyl (C=O) groups is 1. The average Bonchev–Trinajstić information content (AvgIpc) is 3.61. The Hall–Kier alpha value is -2.75. The summed E-state index contributed by atoms with van der Waals surface area (Å²) in [6.45, 7) is 4.90. The van der Waals surface area contributed by atoms with Crippen molar-refractivity contribution in [1.29, 1.82) is 0 Å². The molecule has 4 aliphatic rings. The van der Waals surface area contributed by atoms with E-state index in [1.165, 1.54) is 5.70 Å². The van der Waals surface area contributed by atoms with Crippen LogP contribution in [0.1, 0.15) is 0 Å². The summed E-state index contributed by atoms with van der Waals surface area (Å²) in [5.74, 6) is 2.81. The zero-order valence-electron chi connectivity index (χ0n) is 18.1. The van der Waals surface area contributed by atoms with Crippen LogP contribution in [0.3, 0.4) is 0 Å². The second kappa shape index (κ2) is 7.68. The van der Waals surface area contributed by atoms with Crippen LogP contribution in [0.4, 0.5) is 6.01 Å². The van der Waals surface area contributed by atoms with Gasteiger partial charge in [-0.1, -0.05) is 0 Å². The van der Waals surface area contributed by atoms with Gasteiger partial charge >= 0.3 is 0 Å². The van der Waals surface area contributed by atoms with Crippen molar-refractivity contribution in [3.8, 4) is 5.75 Å².